The summed E-state index contributed by atoms with van der Waals surface area (Å²) in [4.78, 5) is 7.06. The molecule has 2 atom stereocenters. The lowest BCUT2D eigenvalue weighted by Crippen LogP contribution is -2.43. The van der Waals surface area contributed by atoms with Gasteiger partial charge in [0.1, 0.15) is 11.9 Å². The van der Waals surface area contributed by atoms with Crippen molar-refractivity contribution in [3.05, 3.63) is 22.9 Å². The van der Waals surface area contributed by atoms with Crippen molar-refractivity contribution in [2.75, 3.05) is 18.0 Å². The number of nitrogens with zero attached hydrogens (tertiary/aromatic N) is 3. The van der Waals surface area contributed by atoms with E-state index in [0.717, 1.165) is 50.2 Å². The highest BCUT2D eigenvalue weighted by molar-refractivity contribution is 5.57. The molecule has 2 saturated heterocycles. The van der Waals surface area contributed by atoms with Gasteiger partial charge in [0, 0.05) is 18.8 Å². The predicted octanol–water partition coefficient (Wildman–Crippen LogP) is 1.81. The third kappa shape index (κ3) is 1.81. The van der Waals surface area contributed by atoms with E-state index in [1.54, 1.807) is 0 Å². The van der Waals surface area contributed by atoms with E-state index < -0.39 is 0 Å². The minimum absolute atomic E-state index is 0.334. The molecule has 2 bridgehead atoms. The predicted molar refractivity (Wildman–Crippen MR) is 71.1 cm³/mol. The summed E-state index contributed by atoms with van der Waals surface area (Å²) in [5.41, 5.74) is 3.21. The molecule has 98 valence electrons. The van der Waals surface area contributed by atoms with Crippen molar-refractivity contribution in [2.24, 2.45) is 0 Å². The zero-order chi connectivity index (χ0) is 12.8. The van der Waals surface area contributed by atoms with Gasteiger partial charge in [0.05, 0.1) is 17.8 Å². The maximum absolute atomic E-state index is 9.38. The summed E-state index contributed by atoms with van der Waals surface area (Å²) in [6.45, 7) is 1.77. The molecule has 2 unspecified atom stereocenters. The zero-order valence-electron chi connectivity index (χ0n) is 10.9. The summed E-state index contributed by atoms with van der Waals surface area (Å²) < 4.78 is 5.86. The Morgan fingerprint density at radius 2 is 2.05 bits per heavy atom. The van der Waals surface area contributed by atoms with Crippen molar-refractivity contribution in [2.45, 2.75) is 44.3 Å². The maximum atomic E-state index is 9.38. The molecule has 0 aromatic carbocycles. The first kappa shape index (κ1) is 11.2. The van der Waals surface area contributed by atoms with Crippen molar-refractivity contribution in [3.8, 4) is 6.07 Å². The maximum Gasteiger partial charge on any atom is 0.147 e. The molecule has 1 aromatic rings. The smallest absolute Gasteiger partial charge is 0.147 e. The highest BCUT2D eigenvalue weighted by Gasteiger charge is 2.35. The fourth-order valence-electron chi connectivity index (χ4n) is 3.57. The highest BCUT2D eigenvalue weighted by Crippen LogP contribution is 2.32. The number of aromatic nitrogens is 1. The van der Waals surface area contributed by atoms with Crippen molar-refractivity contribution in [3.63, 3.8) is 0 Å². The van der Waals surface area contributed by atoms with Gasteiger partial charge in [0.2, 0.25) is 0 Å². The van der Waals surface area contributed by atoms with Gasteiger partial charge in [-0.15, -0.1) is 0 Å². The number of ether oxygens (including phenoxy) is 1. The van der Waals surface area contributed by atoms with Gasteiger partial charge in [-0.1, -0.05) is 0 Å². The number of pyridine rings is 1. The van der Waals surface area contributed by atoms with Gasteiger partial charge >= 0.3 is 0 Å². The topological polar surface area (TPSA) is 49.2 Å². The van der Waals surface area contributed by atoms with E-state index in [9.17, 15) is 5.26 Å². The van der Waals surface area contributed by atoms with E-state index >= 15 is 0 Å². The number of anilines is 1. The van der Waals surface area contributed by atoms with E-state index in [1.165, 1.54) is 17.7 Å². The number of nitriles is 1. The van der Waals surface area contributed by atoms with Crippen LogP contribution in [0.3, 0.4) is 0 Å². The lowest BCUT2D eigenvalue weighted by Gasteiger charge is -2.33. The van der Waals surface area contributed by atoms with Gasteiger partial charge in [-0.2, -0.15) is 5.26 Å². The van der Waals surface area contributed by atoms with Gasteiger partial charge in [0.15, 0.2) is 0 Å². The van der Waals surface area contributed by atoms with Crippen LogP contribution >= 0.6 is 0 Å². The van der Waals surface area contributed by atoms with Crippen LogP contribution in [-0.2, 0) is 17.6 Å². The second-order valence-corrected chi connectivity index (χ2v) is 5.79. The Bertz CT molecular complexity index is 551. The minimum Gasteiger partial charge on any atom is -0.371 e. The minimum atomic E-state index is 0.334. The Kier molecular flexibility index (Phi) is 2.49. The summed E-state index contributed by atoms with van der Waals surface area (Å²) in [5.74, 6) is 0.892. The van der Waals surface area contributed by atoms with Crippen LogP contribution in [0.4, 0.5) is 5.82 Å². The largest absolute Gasteiger partial charge is 0.371 e. The molecule has 0 N–H and O–H groups in total. The molecule has 0 radical (unpaired) electrons. The van der Waals surface area contributed by atoms with Crippen molar-refractivity contribution < 1.29 is 4.74 Å². The average Bonchev–Trinajstić information content (AvgIpc) is 3.02. The van der Waals surface area contributed by atoms with Crippen LogP contribution < -0.4 is 4.90 Å². The second-order valence-electron chi connectivity index (χ2n) is 5.79. The van der Waals surface area contributed by atoms with Crippen LogP contribution in [0, 0.1) is 11.3 Å². The lowest BCUT2D eigenvalue weighted by molar-refractivity contribution is 0.0302. The van der Waals surface area contributed by atoms with E-state index in [2.05, 4.69) is 17.0 Å². The Morgan fingerprint density at radius 3 is 2.79 bits per heavy atom. The van der Waals surface area contributed by atoms with Crippen LogP contribution in [0.15, 0.2) is 6.07 Å². The molecule has 19 heavy (non-hydrogen) atoms. The molecule has 4 rings (SSSR count). The first-order valence-electron chi connectivity index (χ1n) is 7.17. The molecule has 0 amide bonds. The van der Waals surface area contributed by atoms with Gasteiger partial charge in [-0.05, 0) is 43.7 Å². The SMILES string of the molecule is N#Cc1cc2c(nc1N1CC3CCC(C1)O3)CCC2. The van der Waals surface area contributed by atoms with Crippen LogP contribution in [0.25, 0.3) is 0 Å². The number of morpholine rings is 1. The first-order valence-corrected chi connectivity index (χ1v) is 7.17. The molecule has 3 heterocycles. The van der Waals surface area contributed by atoms with Gasteiger partial charge in [-0.25, -0.2) is 4.98 Å². The molecule has 0 spiro atoms. The normalized spacial score (nSPS) is 28.3. The number of fused-ring (bicyclic) bond motifs is 3. The molecular weight excluding hydrogens is 238 g/mol. The highest BCUT2D eigenvalue weighted by atomic mass is 16.5. The Balaban J connectivity index is 1.72. The molecule has 0 saturated carbocycles. The zero-order valence-corrected chi connectivity index (χ0v) is 10.9. The lowest BCUT2D eigenvalue weighted by atomic mass is 10.1. The molecular formula is C15H17N3O. The summed E-state index contributed by atoms with van der Waals surface area (Å²) in [6, 6.07) is 4.39. The third-order valence-electron chi connectivity index (χ3n) is 4.49. The second kappa shape index (κ2) is 4.21. The van der Waals surface area contributed by atoms with Gasteiger partial charge < -0.3 is 9.64 Å². The monoisotopic (exact) mass is 255 g/mol. The first-order chi connectivity index (χ1) is 9.33. The summed E-state index contributed by atoms with van der Waals surface area (Å²) >= 11 is 0. The van der Waals surface area contributed by atoms with Crippen LogP contribution in [-0.4, -0.2) is 30.3 Å². The van der Waals surface area contributed by atoms with Crippen molar-refractivity contribution in [1.29, 1.82) is 5.26 Å². The Morgan fingerprint density at radius 1 is 1.26 bits per heavy atom. The van der Waals surface area contributed by atoms with Crippen LogP contribution in [0.1, 0.15) is 36.1 Å². The van der Waals surface area contributed by atoms with E-state index in [0.29, 0.717) is 12.2 Å². The number of rotatable bonds is 1. The van der Waals surface area contributed by atoms with E-state index in [1.807, 2.05) is 0 Å². The van der Waals surface area contributed by atoms with Crippen molar-refractivity contribution >= 4 is 5.82 Å². The standard InChI is InChI=1S/C15H17N3O/c16-7-11-6-10-2-1-3-14(10)17-15(11)18-8-12-4-5-13(9-18)19-12/h6,12-13H,1-5,8-9H2. The molecule has 2 aliphatic heterocycles. The summed E-state index contributed by atoms with van der Waals surface area (Å²) in [7, 11) is 0. The molecule has 1 aliphatic carbocycles. The quantitative estimate of drug-likeness (QED) is 0.768. The van der Waals surface area contributed by atoms with E-state index in [4.69, 9.17) is 9.72 Å². The number of hydrogen-bond acceptors (Lipinski definition) is 4. The van der Waals surface area contributed by atoms with Crippen molar-refractivity contribution in [1.82, 2.24) is 4.98 Å². The Hall–Kier alpha value is -1.60. The van der Waals surface area contributed by atoms with E-state index in [-0.39, 0.29) is 0 Å². The number of hydrogen-bond donors (Lipinski definition) is 0. The van der Waals surface area contributed by atoms with Crippen LogP contribution in [0.5, 0.6) is 0 Å². The molecule has 1 aromatic heterocycles. The summed E-state index contributed by atoms with van der Waals surface area (Å²) in [5, 5.41) is 9.38. The molecule has 4 heteroatoms. The average molecular weight is 255 g/mol. The molecule has 3 aliphatic rings. The summed E-state index contributed by atoms with van der Waals surface area (Å²) in [6.07, 6.45) is 6.27. The fraction of sp³-hybridized carbons (Fsp3) is 0.600. The van der Waals surface area contributed by atoms with Crippen LogP contribution in [0.2, 0.25) is 0 Å². The molecule has 4 nitrogen and oxygen atoms in total. The third-order valence-corrected chi connectivity index (χ3v) is 4.49. The van der Waals surface area contributed by atoms with Gasteiger partial charge in [0.25, 0.3) is 0 Å². The van der Waals surface area contributed by atoms with Gasteiger partial charge in [-0.3, -0.25) is 0 Å². The molecule has 2 fully saturated rings. The Labute approximate surface area is 113 Å². The fourth-order valence-corrected chi connectivity index (χ4v) is 3.57. The number of aryl methyl sites for hydroxylation is 2.